The summed E-state index contributed by atoms with van der Waals surface area (Å²) in [6.07, 6.45) is 0.765. The summed E-state index contributed by atoms with van der Waals surface area (Å²) in [7, 11) is 0. The number of anilines is 1. The van der Waals surface area contributed by atoms with Crippen molar-refractivity contribution in [2.24, 2.45) is 5.92 Å². The zero-order valence-electron chi connectivity index (χ0n) is 10.5. The molecule has 2 heterocycles. The van der Waals surface area contributed by atoms with Crippen LogP contribution in [0.15, 0.2) is 29.2 Å². The van der Waals surface area contributed by atoms with Crippen molar-refractivity contribution < 1.29 is 14.3 Å². The molecule has 1 atom stereocenters. The molecule has 0 N–H and O–H groups in total. The first-order chi connectivity index (χ1) is 9.24. The lowest BCUT2D eigenvalue weighted by Crippen LogP contribution is -2.36. The number of carbonyl (C=O) groups is 2. The molecule has 1 unspecified atom stereocenters. The fraction of sp³-hybridized carbons (Fsp3) is 0.429. The smallest absolute Gasteiger partial charge is 0.306 e. The summed E-state index contributed by atoms with van der Waals surface area (Å²) in [6, 6.07) is 7.97. The van der Waals surface area contributed by atoms with Gasteiger partial charge >= 0.3 is 5.97 Å². The maximum absolute atomic E-state index is 12.4. The maximum atomic E-state index is 12.4. The van der Waals surface area contributed by atoms with E-state index >= 15 is 0 Å². The van der Waals surface area contributed by atoms with Crippen molar-refractivity contribution in [1.82, 2.24) is 0 Å². The third-order valence-corrected chi connectivity index (χ3v) is 4.47. The molecule has 0 aromatic heterocycles. The van der Waals surface area contributed by atoms with Crippen LogP contribution in [-0.2, 0) is 14.3 Å². The van der Waals surface area contributed by atoms with E-state index in [0.29, 0.717) is 19.4 Å². The summed E-state index contributed by atoms with van der Waals surface area (Å²) in [4.78, 5) is 26.4. The minimum Gasteiger partial charge on any atom is -0.465 e. The van der Waals surface area contributed by atoms with Gasteiger partial charge in [-0.15, -0.1) is 11.8 Å². The van der Waals surface area contributed by atoms with E-state index in [1.165, 1.54) is 0 Å². The molecule has 2 aliphatic rings. The Labute approximate surface area is 116 Å². The van der Waals surface area contributed by atoms with E-state index in [2.05, 4.69) is 0 Å². The summed E-state index contributed by atoms with van der Waals surface area (Å²) in [5, 5.41) is 0. The second-order valence-electron chi connectivity index (χ2n) is 4.82. The van der Waals surface area contributed by atoms with Crippen LogP contribution in [0, 0.1) is 5.92 Å². The van der Waals surface area contributed by atoms with E-state index in [1.807, 2.05) is 29.2 Å². The lowest BCUT2D eigenvalue weighted by molar-refractivity contribution is -0.138. The van der Waals surface area contributed by atoms with E-state index in [4.69, 9.17) is 4.74 Å². The number of thioether (sulfide) groups is 1. The third-order valence-electron chi connectivity index (χ3n) is 3.43. The van der Waals surface area contributed by atoms with Crippen LogP contribution in [0.2, 0.25) is 0 Å². The molecule has 1 aromatic rings. The quantitative estimate of drug-likeness (QED) is 0.777. The highest BCUT2D eigenvalue weighted by Gasteiger charge is 2.29. The number of para-hydroxylation sites is 1. The molecule has 1 amide bonds. The molecule has 0 spiro atoms. The normalized spacial score (nSPS) is 22.0. The second kappa shape index (κ2) is 5.25. The van der Waals surface area contributed by atoms with Crippen LogP contribution in [0.25, 0.3) is 0 Å². The monoisotopic (exact) mass is 277 g/mol. The van der Waals surface area contributed by atoms with Gasteiger partial charge in [-0.1, -0.05) is 12.1 Å². The highest BCUT2D eigenvalue weighted by atomic mass is 32.2. The van der Waals surface area contributed by atoms with Gasteiger partial charge in [0.1, 0.15) is 0 Å². The van der Waals surface area contributed by atoms with Crippen LogP contribution < -0.4 is 4.90 Å². The highest BCUT2D eigenvalue weighted by molar-refractivity contribution is 7.99. The van der Waals surface area contributed by atoms with E-state index < -0.39 is 0 Å². The molecule has 1 saturated heterocycles. The van der Waals surface area contributed by atoms with Gasteiger partial charge < -0.3 is 9.64 Å². The summed E-state index contributed by atoms with van der Waals surface area (Å²) in [5.74, 6) is 0.869. The van der Waals surface area contributed by atoms with Crippen LogP contribution in [-0.4, -0.2) is 30.8 Å². The van der Waals surface area contributed by atoms with Gasteiger partial charge in [-0.05, 0) is 12.1 Å². The summed E-state index contributed by atoms with van der Waals surface area (Å²) in [6.45, 7) is 1.12. The number of nitrogens with zero attached hydrogens (tertiary/aromatic N) is 1. The number of hydrogen-bond acceptors (Lipinski definition) is 4. The van der Waals surface area contributed by atoms with Gasteiger partial charge in [0, 0.05) is 29.5 Å². The predicted octanol–water partition coefficient (Wildman–Crippen LogP) is 2.08. The van der Waals surface area contributed by atoms with Gasteiger partial charge in [0.15, 0.2) is 0 Å². The molecular formula is C14H15NO3S. The number of cyclic esters (lactones) is 1. The number of amides is 1. The average Bonchev–Trinajstić information content (AvgIpc) is 2.83. The number of ether oxygens (including phenoxy) is 1. The highest BCUT2D eigenvalue weighted by Crippen LogP contribution is 2.35. The van der Waals surface area contributed by atoms with E-state index in [0.717, 1.165) is 22.9 Å². The van der Waals surface area contributed by atoms with Gasteiger partial charge in [-0.3, -0.25) is 9.59 Å². The Bertz CT molecular complexity index is 517. The van der Waals surface area contributed by atoms with Crippen LogP contribution in [0.1, 0.15) is 12.8 Å². The Morgan fingerprint density at radius 1 is 1.42 bits per heavy atom. The van der Waals surface area contributed by atoms with Gasteiger partial charge in [-0.25, -0.2) is 0 Å². The minimum atomic E-state index is -0.188. The molecule has 0 aliphatic carbocycles. The number of rotatable bonds is 2. The molecule has 0 bridgehead atoms. The Morgan fingerprint density at radius 2 is 2.26 bits per heavy atom. The van der Waals surface area contributed by atoms with Crippen LogP contribution in [0.5, 0.6) is 0 Å². The summed E-state index contributed by atoms with van der Waals surface area (Å²) < 4.78 is 4.91. The van der Waals surface area contributed by atoms with Crippen molar-refractivity contribution in [1.29, 1.82) is 0 Å². The number of esters is 1. The van der Waals surface area contributed by atoms with E-state index in [9.17, 15) is 9.59 Å². The molecule has 1 aromatic carbocycles. The molecule has 100 valence electrons. The summed E-state index contributed by atoms with van der Waals surface area (Å²) in [5.41, 5.74) is 0.994. The topological polar surface area (TPSA) is 46.6 Å². The molecule has 1 fully saturated rings. The number of fused-ring (bicyclic) bond motifs is 1. The van der Waals surface area contributed by atoms with Crippen molar-refractivity contribution >= 4 is 29.3 Å². The molecule has 0 saturated carbocycles. The number of benzene rings is 1. The van der Waals surface area contributed by atoms with Crippen molar-refractivity contribution in [3.8, 4) is 0 Å². The first-order valence-corrected chi connectivity index (χ1v) is 7.40. The zero-order valence-corrected chi connectivity index (χ0v) is 11.3. The zero-order chi connectivity index (χ0) is 13.2. The van der Waals surface area contributed by atoms with Gasteiger partial charge in [0.2, 0.25) is 5.91 Å². The first-order valence-electron chi connectivity index (χ1n) is 6.42. The number of hydrogen-bond donors (Lipinski definition) is 0. The van der Waals surface area contributed by atoms with Crippen molar-refractivity contribution in [3.63, 3.8) is 0 Å². The standard InChI is InChI=1S/C14H15NO3S/c16-13(7-10-8-14(17)18-9-10)15-5-6-19-12-4-2-1-3-11(12)15/h1-4,10H,5-9H2. The SMILES string of the molecule is O=C1CC(CC(=O)N2CCSc3ccccc32)CO1. The number of carbonyl (C=O) groups excluding carboxylic acids is 2. The van der Waals surface area contributed by atoms with Crippen LogP contribution in [0.4, 0.5) is 5.69 Å². The lowest BCUT2D eigenvalue weighted by Gasteiger charge is -2.29. The van der Waals surface area contributed by atoms with Crippen molar-refractivity contribution in [3.05, 3.63) is 24.3 Å². The second-order valence-corrected chi connectivity index (χ2v) is 5.96. The Hall–Kier alpha value is -1.49. The van der Waals surface area contributed by atoms with Crippen molar-refractivity contribution in [2.45, 2.75) is 17.7 Å². The lowest BCUT2D eigenvalue weighted by atomic mass is 10.0. The molecule has 19 heavy (non-hydrogen) atoms. The minimum absolute atomic E-state index is 0.0433. The molecule has 0 radical (unpaired) electrons. The van der Waals surface area contributed by atoms with Crippen LogP contribution >= 0.6 is 11.8 Å². The van der Waals surface area contributed by atoms with E-state index in [1.54, 1.807) is 11.8 Å². The Balaban J connectivity index is 1.72. The van der Waals surface area contributed by atoms with E-state index in [-0.39, 0.29) is 17.8 Å². The fourth-order valence-corrected chi connectivity index (χ4v) is 3.48. The third kappa shape index (κ3) is 2.61. The van der Waals surface area contributed by atoms with Gasteiger partial charge in [0.25, 0.3) is 0 Å². The molecular weight excluding hydrogens is 262 g/mol. The van der Waals surface area contributed by atoms with Crippen LogP contribution in [0.3, 0.4) is 0 Å². The Morgan fingerprint density at radius 3 is 3.05 bits per heavy atom. The summed E-state index contributed by atoms with van der Waals surface area (Å²) >= 11 is 1.78. The molecule has 2 aliphatic heterocycles. The average molecular weight is 277 g/mol. The largest absolute Gasteiger partial charge is 0.465 e. The van der Waals surface area contributed by atoms with Gasteiger partial charge in [-0.2, -0.15) is 0 Å². The predicted molar refractivity (Wildman–Crippen MR) is 73.2 cm³/mol. The van der Waals surface area contributed by atoms with Gasteiger partial charge in [0.05, 0.1) is 18.7 Å². The molecule has 5 heteroatoms. The maximum Gasteiger partial charge on any atom is 0.306 e. The first kappa shape index (κ1) is 12.5. The van der Waals surface area contributed by atoms with Crippen molar-refractivity contribution in [2.75, 3.05) is 23.8 Å². The molecule has 3 rings (SSSR count). The fourth-order valence-electron chi connectivity index (χ4n) is 2.48. The Kier molecular flexibility index (Phi) is 3.46. The molecule has 4 nitrogen and oxygen atoms in total.